The second kappa shape index (κ2) is 10.3. The van der Waals surface area contributed by atoms with Gasteiger partial charge in [0.2, 0.25) is 0 Å². The van der Waals surface area contributed by atoms with Gasteiger partial charge < -0.3 is 20.1 Å². The van der Waals surface area contributed by atoms with Crippen molar-refractivity contribution in [2.24, 2.45) is 0 Å². The van der Waals surface area contributed by atoms with Gasteiger partial charge in [0, 0.05) is 31.5 Å². The Balaban J connectivity index is 1.98. The van der Waals surface area contributed by atoms with Gasteiger partial charge in [-0.1, -0.05) is 12.1 Å². The van der Waals surface area contributed by atoms with E-state index in [0.29, 0.717) is 35.7 Å². The summed E-state index contributed by atoms with van der Waals surface area (Å²) < 4.78 is 10.6. The number of benzene rings is 2. The summed E-state index contributed by atoms with van der Waals surface area (Å²) >= 11 is 0. The molecule has 0 spiro atoms. The van der Waals surface area contributed by atoms with E-state index >= 15 is 0 Å². The second-order valence-corrected chi connectivity index (χ2v) is 6.30. The van der Waals surface area contributed by atoms with E-state index in [1.807, 2.05) is 19.9 Å². The van der Waals surface area contributed by atoms with E-state index in [-0.39, 0.29) is 17.9 Å². The highest BCUT2D eigenvalue weighted by atomic mass is 16.5. The van der Waals surface area contributed by atoms with Crippen LogP contribution in [-0.4, -0.2) is 38.2 Å². The van der Waals surface area contributed by atoms with Crippen molar-refractivity contribution in [1.29, 1.82) is 0 Å². The first-order valence-electron chi connectivity index (χ1n) is 8.95. The number of nitrogens with one attached hydrogen (secondary N) is 2. The highest BCUT2D eigenvalue weighted by Crippen LogP contribution is 2.21. The van der Waals surface area contributed by atoms with Gasteiger partial charge in [0.15, 0.2) is 0 Å². The molecule has 0 atom stereocenters. The predicted octanol–water partition coefficient (Wildman–Crippen LogP) is 3.49. The summed E-state index contributed by atoms with van der Waals surface area (Å²) in [7, 11) is 1.63. The van der Waals surface area contributed by atoms with Gasteiger partial charge in [-0.3, -0.25) is 9.59 Å². The maximum Gasteiger partial charge on any atom is 0.259 e. The van der Waals surface area contributed by atoms with E-state index in [1.54, 1.807) is 49.6 Å². The third kappa shape index (κ3) is 6.42. The minimum absolute atomic E-state index is 0.0272. The number of carbonyl (C=O) groups is 2. The molecule has 0 aromatic heterocycles. The number of carbonyl (C=O) groups excluding carboxylic acids is 2. The van der Waals surface area contributed by atoms with Gasteiger partial charge in [-0.2, -0.15) is 0 Å². The lowest BCUT2D eigenvalue weighted by atomic mass is 10.1. The van der Waals surface area contributed by atoms with Crippen LogP contribution in [-0.2, 0) is 4.74 Å². The molecule has 0 saturated heterocycles. The maximum absolute atomic E-state index is 12.6. The van der Waals surface area contributed by atoms with Crippen molar-refractivity contribution >= 4 is 17.5 Å². The number of hydrogen-bond donors (Lipinski definition) is 2. The van der Waals surface area contributed by atoms with Gasteiger partial charge in [-0.05, 0) is 56.7 Å². The molecule has 0 heterocycles. The molecule has 6 nitrogen and oxygen atoms in total. The van der Waals surface area contributed by atoms with E-state index in [2.05, 4.69) is 10.6 Å². The summed E-state index contributed by atoms with van der Waals surface area (Å²) in [6, 6.07) is 13.9. The summed E-state index contributed by atoms with van der Waals surface area (Å²) in [6.07, 6.45) is 0.731. The number of anilines is 1. The molecule has 144 valence electrons. The molecule has 2 amide bonds. The highest BCUT2D eigenvalue weighted by Gasteiger charge is 2.13. The standard InChI is InChI=1S/C21H26N2O4/c1-15(2)27-19-8-5-4-7-18(19)21(25)23-17-11-9-16(10-12-17)20(24)22-13-6-14-26-3/h4-5,7-12,15H,6,13-14H2,1-3H3,(H,22,24)(H,23,25). The molecule has 0 fully saturated rings. The zero-order chi connectivity index (χ0) is 19.6. The minimum Gasteiger partial charge on any atom is -0.490 e. The quantitative estimate of drug-likeness (QED) is 0.663. The molecule has 6 heteroatoms. The first kappa shape index (κ1) is 20.5. The maximum atomic E-state index is 12.6. The van der Waals surface area contributed by atoms with Gasteiger partial charge in [-0.25, -0.2) is 0 Å². The Kier molecular flexibility index (Phi) is 7.82. The lowest BCUT2D eigenvalue weighted by Crippen LogP contribution is -2.25. The van der Waals surface area contributed by atoms with Crippen LogP contribution in [0.5, 0.6) is 5.75 Å². The number of ether oxygens (including phenoxy) is 2. The lowest BCUT2D eigenvalue weighted by molar-refractivity contribution is 0.0948. The molecule has 0 aliphatic carbocycles. The van der Waals surface area contributed by atoms with Crippen LogP contribution in [0, 0.1) is 0 Å². The summed E-state index contributed by atoms with van der Waals surface area (Å²) in [5.41, 5.74) is 1.61. The molecule has 2 rings (SSSR count). The number of methoxy groups -OCH3 is 1. The summed E-state index contributed by atoms with van der Waals surface area (Å²) in [5, 5.41) is 5.65. The normalized spacial score (nSPS) is 10.5. The lowest BCUT2D eigenvalue weighted by Gasteiger charge is -2.14. The van der Waals surface area contributed by atoms with E-state index in [4.69, 9.17) is 9.47 Å². The van der Waals surface area contributed by atoms with Crippen molar-refractivity contribution in [1.82, 2.24) is 5.32 Å². The molecule has 0 unspecified atom stereocenters. The minimum atomic E-state index is -0.261. The van der Waals surface area contributed by atoms with E-state index < -0.39 is 0 Å². The number of para-hydroxylation sites is 1. The fourth-order valence-corrected chi connectivity index (χ4v) is 2.43. The van der Waals surface area contributed by atoms with Crippen molar-refractivity contribution in [3.63, 3.8) is 0 Å². The zero-order valence-corrected chi connectivity index (χ0v) is 16.0. The van der Waals surface area contributed by atoms with Crippen LogP contribution < -0.4 is 15.4 Å². The Morgan fingerprint density at radius 3 is 2.37 bits per heavy atom. The largest absolute Gasteiger partial charge is 0.490 e. The van der Waals surface area contributed by atoms with Gasteiger partial charge >= 0.3 is 0 Å². The molecular weight excluding hydrogens is 344 g/mol. The molecule has 0 radical (unpaired) electrons. The summed E-state index contributed by atoms with van der Waals surface area (Å²) in [5.74, 6) is 0.125. The molecule has 2 aromatic carbocycles. The molecule has 0 aliphatic heterocycles. The summed E-state index contributed by atoms with van der Waals surface area (Å²) in [6.45, 7) is 4.98. The number of rotatable bonds is 9. The Morgan fingerprint density at radius 1 is 1.00 bits per heavy atom. The predicted molar refractivity (Wildman–Crippen MR) is 105 cm³/mol. The fraction of sp³-hybridized carbons (Fsp3) is 0.333. The smallest absolute Gasteiger partial charge is 0.259 e. The number of amides is 2. The first-order chi connectivity index (χ1) is 13.0. The Bertz CT molecular complexity index is 757. The fourth-order valence-electron chi connectivity index (χ4n) is 2.43. The van der Waals surface area contributed by atoms with E-state index in [9.17, 15) is 9.59 Å². The van der Waals surface area contributed by atoms with Gasteiger partial charge in [0.05, 0.1) is 11.7 Å². The van der Waals surface area contributed by atoms with Crippen LogP contribution in [0.4, 0.5) is 5.69 Å². The van der Waals surface area contributed by atoms with Crippen molar-refractivity contribution in [3.8, 4) is 5.75 Å². The van der Waals surface area contributed by atoms with Crippen molar-refractivity contribution in [3.05, 3.63) is 59.7 Å². The van der Waals surface area contributed by atoms with Gasteiger partial charge in [-0.15, -0.1) is 0 Å². The topological polar surface area (TPSA) is 76.7 Å². The third-order valence-electron chi connectivity index (χ3n) is 3.71. The average molecular weight is 370 g/mol. The zero-order valence-electron chi connectivity index (χ0n) is 16.0. The molecule has 2 N–H and O–H groups in total. The van der Waals surface area contributed by atoms with E-state index in [0.717, 1.165) is 6.42 Å². The molecular formula is C21H26N2O4. The Hall–Kier alpha value is -2.86. The van der Waals surface area contributed by atoms with Gasteiger partial charge in [0.1, 0.15) is 5.75 Å². The average Bonchev–Trinajstić information content (AvgIpc) is 2.65. The molecule has 27 heavy (non-hydrogen) atoms. The number of hydrogen-bond acceptors (Lipinski definition) is 4. The van der Waals surface area contributed by atoms with Crippen LogP contribution in [0.1, 0.15) is 41.0 Å². The molecule has 0 saturated carbocycles. The Morgan fingerprint density at radius 2 is 1.70 bits per heavy atom. The molecule has 0 bridgehead atoms. The summed E-state index contributed by atoms with van der Waals surface area (Å²) in [4.78, 5) is 24.6. The molecule has 0 aliphatic rings. The second-order valence-electron chi connectivity index (χ2n) is 6.30. The Labute approximate surface area is 159 Å². The van der Waals surface area contributed by atoms with Crippen molar-refractivity contribution < 1.29 is 19.1 Å². The van der Waals surface area contributed by atoms with Crippen LogP contribution >= 0.6 is 0 Å². The van der Waals surface area contributed by atoms with Crippen LogP contribution in [0.15, 0.2) is 48.5 Å². The van der Waals surface area contributed by atoms with Crippen LogP contribution in [0.3, 0.4) is 0 Å². The first-order valence-corrected chi connectivity index (χ1v) is 8.95. The van der Waals surface area contributed by atoms with Crippen LogP contribution in [0.25, 0.3) is 0 Å². The van der Waals surface area contributed by atoms with Crippen molar-refractivity contribution in [2.75, 3.05) is 25.6 Å². The highest BCUT2D eigenvalue weighted by molar-refractivity contribution is 6.06. The molecule has 2 aromatic rings. The van der Waals surface area contributed by atoms with Crippen LogP contribution in [0.2, 0.25) is 0 Å². The van der Waals surface area contributed by atoms with E-state index in [1.165, 1.54) is 0 Å². The monoisotopic (exact) mass is 370 g/mol. The SMILES string of the molecule is COCCCNC(=O)c1ccc(NC(=O)c2ccccc2OC(C)C)cc1. The van der Waals surface area contributed by atoms with Gasteiger partial charge in [0.25, 0.3) is 11.8 Å². The van der Waals surface area contributed by atoms with Crippen molar-refractivity contribution in [2.45, 2.75) is 26.4 Å². The third-order valence-corrected chi connectivity index (χ3v) is 3.71.